The summed E-state index contributed by atoms with van der Waals surface area (Å²) in [6.45, 7) is 10.3. The van der Waals surface area contributed by atoms with E-state index in [2.05, 4.69) is 13.8 Å². The molecule has 0 aromatic heterocycles. The van der Waals surface area contributed by atoms with E-state index in [9.17, 15) is 0 Å². The van der Waals surface area contributed by atoms with Crippen molar-refractivity contribution in [2.45, 2.75) is 46.0 Å². The summed E-state index contributed by atoms with van der Waals surface area (Å²) in [4.78, 5) is 0. The zero-order chi connectivity index (χ0) is 9.23. The Kier molecular flexibility index (Phi) is 15.6. The Morgan fingerprint density at radius 3 is 2.31 bits per heavy atom. The average Bonchev–Trinajstić information content (AvgIpc) is 2.09. The molecule has 0 aliphatic heterocycles. The van der Waals surface area contributed by atoms with Gasteiger partial charge in [0.2, 0.25) is 0 Å². The SMILES string of the molecule is [CH-]=C(CCCC)CCCSCC.[Cu+]. The summed E-state index contributed by atoms with van der Waals surface area (Å²) in [5.74, 6) is 2.50. The van der Waals surface area contributed by atoms with Crippen molar-refractivity contribution in [1.82, 2.24) is 0 Å². The maximum absolute atomic E-state index is 5.85. The van der Waals surface area contributed by atoms with Crippen LogP contribution >= 0.6 is 11.8 Å². The van der Waals surface area contributed by atoms with Crippen molar-refractivity contribution >= 4 is 11.8 Å². The van der Waals surface area contributed by atoms with Crippen LogP contribution in [-0.2, 0) is 17.1 Å². The van der Waals surface area contributed by atoms with Crippen LogP contribution in [0, 0.1) is 6.58 Å². The monoisotopic (exact) mass is 248 g/mol. The van der Waals surface area contributed by atoms with Crippen LogP contribution in [-0.4, -0.2) is 11.5 Å². The van der Waals surface area contributed by atoms with Gasteiger partial charge in [-0.1, -0.05) is 39.5 Å². The van der Waals surface area contributed by atoms with Crippen LogP contribution in [0.5, 0.6) is 0 Å². The minimum Gasteiger partial charge on any atom is -0.514 e. The van der Waals surface area contributed by atoms with E-state index in [4.69, 9.17) is 6.58 Å². The quantitative estimate of drug-likeness (QED) is 0.355. The number of unbranched alkanes of at least 4 members (excludes halogenated alkanes) is 1. The Morgan fingerprint density at radius 2 is 1.77 bits per heavy atom. The molecule has 82 valence electrons. The van der Waals surface area contributed by atoms with Crippen molar-refractivity contribution in [2.24, 2.45) is 0 Å². The summed E-state index contributed by atoms with van der Waals surface area (Å²) in [5, 5.41) is 0. The number of rotatable bonds is 8. The van der Waals surface area contributed by atoms with Crippen LogP contribution < -0.4 is 0 Å². The van der Waals surface area contributed by atoms with Crippen molar-refractivity contribution < 1.29 is 17.1 Å². The van der Waals surface area contributed by atoms with Crippen molar-refractivity contribution in [1.29, 1.82) is 0 Å². The molecule has 0 amide bonds. The van der Waals surface area contributed by atoms with Gasteiger partial charge in [0.25, 0.3) is 0 Å². The van der Waals surface area contributed by atoms with Crippen LogP contribution in [0.1, 0.15) is 46.0 Å². The minimum atomic E-state index is 0. The Labute approximate surface area is 98.4 Å². The van der Waals surface area contributed by atoms with E-state index in [1.807, 2.05) is 11.8 Å². The second kappa shape index (κ2) is 12.6. The van der Waals surface area contributed by atoms with Gasteiger partial charge < -0.3 is 6.58 Å². The molecule has 0 rings (SSSR count). The van der Waals surface area contributed by atoms with E-state index in [0.717, 1.165) is 12.8 Å². The molecular weight excluding hydrogens is 228 g/mol. The topological polar surface area (TPSA) is 0 Å². The van der Waals surface area contributed by atoms with Gasteiger partial charge in [-0.15, -0.1) is 0 Å². The Balaban J connectivity index is 0. The molecule has 0 heterocycles. The first kappa shape index (κ1) is 16.1. The van der Waals surface area contributed by atoms with Crippen molar-refractivity contribution in [3.05, 3.63) is 12.2 Å². The van der Waals surface area contributed by atoms with E-state index in [1.54, 1.807) is 0 Å². The van der Waals surface area contributed by atoms with Crippen molar-refractivity contribution in [3.8, 4) is 0 Å². The smallest absolute Gasteiger partial charge is 0.514 e. The first-order valence-electron chi connectivity index (χ1n) is 4.99. The van der Waals surface area contributed by atoms with Gasteiger partial charge in [-0.2, -0.15) is 11.8 Å². The average molecular weight is 249 g/mol. The predicted molar refractivity (Wildman–Crippen MR) is 59.6 cm³/mol. The summed E-state index contributed by atoms with van der Waals surface area (Å²) in [5.41, 5.74) is 1.20. The molecule has 0 unspecified atom stereocenters. The van der Waals surface area contributed by atoms with Crippen LogP contribution in [0.25, 0.3) is 0 Å². The van der Waals surface area contributed by atoms with E-state index < -0.39 is 0 Å². The number of hydrogen-bond donors (Lipinski definition) is 0. The molecule has 0 radical (unpaired) electrons. The van der Waals surface area contributed by atoms with Gasteiger partial charge in [-0.05, 0) is 17.9 Å². The molecule has 0 aliphatic carbocycles. The molecule has 0 bridgehead atoms. The Morgan fingerprint density at radius 1 is 1.15 bits per heavy atom. The molecular formula is C11H21CuS. The Hall–Kier alpha value is 0.609. The van der Waals surface area contributed by atoms with E-state index >= 15 is 0 Å². The minimum absolute atomic E-state index is 0. The molecule has 0 aromatic carbocycles. The van der Waals surface area contributed by atoms with Crippen LogP contribution in [0.4, 0.5) is 0 Å². The van der Waals surface area contributed by atoms with Crippen LogP contribution in [0.15, 0.2) is 5.57 Å². The van der Waals surface area contributed by atoms with Crippen molar-refractivity contribution in [2.75, 3.05) is 11.5 Å². The van der Waals surface area contributed by atoms with Crippen LogP contribution in [0.2, 0.25) is 0 Å². The second-order valence-electron chi connectivity index (χ2n) is 3.06. The molecule has 0 nitrogen and oxygen atoms in total. The first-order chi connectivity index (χ1) is 5.81. The van der Waals surface area contributed by atoms with Gasteiger partial charge in [0.05, 0.1) is 0 Å². The largest absolute Gasteiger partial charge is 1.00 e. The molecule has 0 N–H and O–H groups in total. The van der Waals surface area contributed by atoms with Crippen molar-refractivity contribution in [3.63, 3.8) is 0 Å². The summed E-state index contributed by atoms with van der Waals surface area (Å²) in [7, 11) is 0. The Bertz CT molecular complexity index is 113. The molecule has 0 fully saturated rings. The van der Waals surface area contributed by atoms with Gasteiger partial charge in [-0.25, -0.2) is 0 Å². The van der Waals surface area contributed by atoms with Gasteiger partial charge >= 0.3 is 17.1 Å². The zero-order valence-corrected chi connectivity index (χ0v) is 10.5. The fourth-order valence-corrected chi connectivity index (χ4v) is 1.71. The van der Waals surface area contributed by atoms with Gasteiger partial charge in [0.15, 0.2) is 0 Å². The van der Waals surface area contributed by atoms with E-state index in [-0.39, 0.29) is 17.1 Å². The molecule has 0 saturated heterocycles. The number of hydrogen-bond acceptors (Lipinski definition) is 1. The molecule has 0 spiro atoms. The summed E-state index contributed by atoms with van der Waals surface area (Å²) >= 11 is 2.01. The predicted octanol–water partition coefficient (Wildman–Crippen LogP) is 4.07. The summed E-state index contributed by atoms with van der Waals surface area (Å²) in [6.07, 6.45) is 6.03. The first-order valence-corrected chi connectivity index (χ1v) is 6.14. The second-order valence-corrected chi connectivity index (χ2v) is 4.46. The zero-order valence-electron chi connectivity index (χ0n) is 8.74. The maximum atomic E-state index is 5.85. The molecule has 0 saturated carbocycles. The van der Waals surface area contributed by atoms with Gasteiger partial charge in [0, 0.05) is 0 Å². The third-order valence-corrected chi connectivity index (χ3v) is 2.83. The third-order valence-electron chi connectivity index (χ3n) is 1.84. The molecule has 0 aromatic rings. The normalized spacial score (nSPS) is 9.38. The van der Waals surface area contributed by atoms with E-state index in [0.29, 0.717) is 0 Å². The summed E-state index contributed by atoms with van der Waals surface area (Å²) in [6, 6.07) is 0. The number of thioether (sulfide) groups is 1. The fourth-order valence-electron chi connectivity index (χ4n) is 1.07. The molecule has 2 heteroatoms. The third kappa shape index (κ3) is 12.6. The number of allylic oxidation sites excluding steroid dienone is 1. The molecule has 0 aliphatic rings. The van der Waals surface area contributed by atoms with Gasteiger partial charge in [-0.3, -0.25) is 5.57 Å². The standard InChI is InChI=1S/C11H21S.Cu/c1-4-6-8-11(3)9-7-10-12-5-2;/h3H,4-10H2,1-2H3;/q-1;+1. The van der Waals surface area contributed by atoms with Gasteiger partial charge in [0.1, 0.15) is 0 Å². The fraction of sp³-hybridized carbons (Fsp3) is 0.818. The molecule has 0 atom stereocenters. The van der Waals surface area contributed by atoms with E-state index in [1.165, 1.54) is 36.3 Å². The maximum Gasteiger partial charge on any atom is 1.00 e. The molecule has 13 heavy (non-hydrogen) atoms. The van der Waals surface area contributed by atoms with Crippen LogP contribution in [0.3, 0.4) is 0 Å². The summed E-state index contributed by atoms with van der Waals surface area (Å²) < 4.78 is 0.